The molecule has 4 nitrogen and oxygen atoms in total. The molecule has 0 aliphatic heterocycles. The van der Waals surface area contributed by atoms with Crippen molar-refractivity contribution in [2.45, 2.75) is 13.5 Å². The van der Waals surface area contributed by atoms with E-state index in [0.717, 1.165) is 11.6 Å². The molecular formula is C11H12BrFN4. The van der Waals surface area contributed by atoms with Crippen molar-refractivity contribution < 1.29 is 4.39 Å². The first-order valence-electron chi connectivity index (χ1n) is 5.11. The number of halogens is 2. The molecule has 0 spiro atoms. The lowest BCUT2D eigenvalue weighted by atomic mass is 10.3. The zero-order chi connectivity index (χ0) is 12.4. The molecule has 0 aliphatic carbocycles. The molecule has 1 heterocycles. The topological polar surface area (TPSA) is 42.7 Å². The molecule has 1 aromatic heterocycles. The summed E-state index contributed by atoms with van der Waals surface area (Å²) >= 11 is 3.11. The number of hydrogen-bond acceptors (Lipinski definition) is 3. The highest BCUT2D eigenvalue weighted by Gasteiger charge is 2.05. The van der Waals surface area contributed by atoms with Crippen LogP contribution in [-0.2, 0) is 13.6 Å². The smallest absolute Gasteiger partial charge is 0.152 e. The summed E-state index contributed by atoms with van der Waals surface area (Å²) in [5, 5.41) is 11.1. The van der Waals surface area contributed by atoms with Crippen LogP contribution in [-0.4, -0.2) is 14.8 Å². The first-order chi connectivity index (χ1) is 8.08. The second kappa shape index (κ2) is 4.83. The second-order valence-electron chi connectivity index (χ2n) is 3.70. The van der Waals surface area contributed by atoms with Crippen LogP contribution in [0.15, 0.2) is 22.7 Å². The van der Waals surface area contributed by atoms with Crippen LogP contribution in [0.3, 0.4) is 0 Å². The maximum Gasteiger partial charge on any atom is 0.152 e. The minimum absolute atomic E-state index is 0.288. The Balaban J connectivity index is 2.07. The fourth-order valence-electron chi connectivity index (χ4n) is 1.39. The summed E-state index contributed by atoms with van der Waals surface area (Å²) in [4.78, 5) is 0. The van der Waals surface area contributed by atoms with E-state index in [0.29, 0.717) is 16.7 Å². The normalized spacial score (nSPS) is 10.6. The molecule has 90 valence electrons. The SMILES string of the molecule is Cc1nnc(CNc2ccc(Br)c(F)c2)n1C. The monoisotopic (exact) mass is 298 g/mol. The number of rotatable bonds is 3. The van der Waals surface area contributed by atoms with Crippen LogP contribution in [0.1, 0.15) is 11.6 Å². The molecule has 1 N–H and O–H groups in total. The minimum atomic E-state index is -0.288. The molecule has 0 unspecified atom stereocenters. The molecule has 1 aromatic carbocycles. The highest BCUT2D eigenvalue weighted by Crippen LogP contribution is 2.19. The molecule has 0 aliphatic rings. The van der Waals surface area contributed by atoms with Gasteiger partial charge >= 0.3 is 0 Å². The summed E-state index contributed by atoms with van der Waals surface area (Å²) in [6.07, 6.45) is 0. The van der Waals surface area contributed by atoms with Gasteiger partial charge in [-0.15, -0.1) is 10.2 Å². The molecule has 6 heteroatoms. The number of nitrogens with zero attached hydrogens (tertiary/aromatic N) is 3. The molecular weight excluding hydrogens is 287 g/mol. The maximum absolute atomic E-state index is 13.3. The lowest BCUT2D eigenvalue weighted by Crippen LogP contribution is -2.06. The molecule has 0 radical (unpaired) electrons. The van der Waals surface area contributed by atoms with Crippen molar-refractivity contribution in [1.29, 1.82) is 0 Å². The van der Waals surface area contributed by atoms with Crippen molar-refractivity contribution in [3.05, 3.63) is 40.1 Å². The summed E-state index contributed by atoms with van der Waals surface area (Å²) in [6, 6.07) is 4.91. The van der Waals surface area contributed by atoms with Gasteiger partial charge in [-0.25, -0.2) is 4.39 Å². The van der Waals surface area contributed by atoms with Crippen molar-refractivity contribution >= 4 is 21.6 Å². The van der Waals surface area contributed by atoms with Crippen LogP contribution in [0, 0.1) is 12.7 Å². The predicted octanol–water partition coefficient (Wildman–Crippen LogP) is 2.64. The number of aryl methyl sites for hydroxylation is 1. The first-order valence-corrected chi connectivity index (χ1v) is 5.91. The molecule has 17 heavy (non-hydrogen) atoms. The first kappa shape index (κ1) is 12.0. The van der Waals surface area contributed by atoms with E-state index in [4.69, 9.17) is 0 Å². The van der Waals surface area contributed by atoms with Gasteiger partial charge in [-0.3, -0.25) is 0 Å². The average Bonchev–Trinajstić information content (AvgIpc) is 2.62. The Morgan fingerprint density at radius 1 is 1.41 bits per heavy atom. The highest BCUT2D eigenvalue weighted by molar-refractivity contribution is 9.10. The number of anilines is 1. The number of aromatic nitrogens is 3. The Labute approximate surface area is 107 Å². The van der Waals surface area contributed by atoms with E-state index in [1.54, 1.807) is 12.1 Å². The van der Waals surface area contributed by atoms with Gasteiger partial charge in [0.1, 0.15) is 11.6 Å². The van der Waals surface area contributed by atoms with Gasteiger partial charge in [0.25, 0.3) is 0 Å². The van der Waals surface area contributed by atoms with Crippen molar-refractivity contribution in [2.24, 2.45) is 7.05 Å². The van der Waals surface area contributed by atoms with Gasteiger partial charge < -0.3 is 9.88 Å². The van der Waals surface area contributed by atoms with Crippen LogP contribution in [0.4, 0.5) is 10.1 Å². The largest absolute Gasteiger partial charge is 0.378 e. The van der Waals surface area contributed by atoms with E-state index < -0.39 is 0 Å². The number of benzene rings is 1. The van der Waals surface area contributed by atoms with Crippen LogP contribution < -0.4 is 5.32 Å². The number of hydrogen-bond donors (Lipinski definition) is 1. The van der Waals surface area contributed by atoms with Crippen molar-refractivity contribution in [3.8, 4) is 0 Å². The van der Waals surface area contributed by atoms with E-state index in [1.165, 1.54) is 6.07 Å². The van der Waals surface area contributed by atoms with Crippen LogP contribution in [0.5, 0.6) is 0 Å². The van der Waals surface area contributed by atoms with Gasteiger partial charge in [-0.05, 0) is 41.1 Å². The highest BCUT2D eigenvalue weighted by atomic mass is 79.9. The molecule has 0 bridgehead atoms. The Bertz CT molecular complexity index is 538. The Morgan fingerprint density at radius 3 is 2.76 bits per heavy atom. The fourth-order valence-corrected chi connectivity index (χ4v) is 1.64. The summed E-state index contributed by atoms with van der Waals surface area (Å²) in [5.41, 5.74) is 0.714. The van der Waals surface area contributed by atoms with Gasteiger partial charge in [-0.1, -0.05) is 0 Å². The molecule has 0 amide bonds. The summed E-state index contributed by atoms with van der Waals surface area (Å²) in [5.74, 6) is 1.37. The van der Waals surface area contributed by atoms with E-state index >= 15 is 0 Å². The Morgan fingerprint density at radius 2 is 2.18 bits per heavy atom. The van der Waals surface area contributed by atoms with E-state index in [9.17, 15) is 4.39 Å². The van der Waals surface area contributed by atoms with Crippen molar-refractivity contribution in [1.82, 2.24) is 14.8 Å². The molecule has 2 rings (SSSR count). The van der Waals surface area contributed by atoms with E-state index in [-0.39, 0.29) is 5.82 Å². The lowest BCUT2D eigenvalue weighted by Gasteiger charge is -2.06. The van der Waals surface area contributed by atoms with Gasteiger partial charge in [-0.2, -0.15) is 0 Å². The lowest BCUT2D eigenvalue weighted by molar-refractivity contribution is 0.621. The standard InChI is InChI=1S/C11H12BrFN4/c1-7-15-16-11(17(7)2)6-14-8-3-4-9(12)10(13)5-8/h3-5,14H,6H2,1-2H3. The molecule has 0 atom stereocenters. The second-order valence-corrected chi connectivity index (χ2v) is 4.56. The minimum Gasteiger partial charge on any atom is -0.378 e. The molecule has 0 saturated carbocycles. The zero-order valence-corrected chi connectivity index (χ0v) is 11.1. The third-order valence-corrected chi connectivity index (χ3v) is 3.20. The van der Waals surface area contributed by atoms with Crippen molar-refractivity contribution in [2.75, 3.05) is 5.32 Å². The average molecular weight is 299 g/mol. The zero-order valence-electron chi connectivity index (χ0n) is 9.54. The Kier molecular flexibility index (Phi) is 3.42. The van der Waals surface area contributed by atoms with Gasteiger partial charge in [0.15, 0.2) is 5.82 Å². The van der Waals surface area contributed by atoms with Crippen molar-refractivity contribution in [3.63, 3.8) is 0 Å². The van der Waals surface area contributed by atoms with E-state index in [2.05, 4.69) is 31.4 Å². The van der Waals surface area contributed by atoms with Gasteiger partial charge in [0.05, 0.1) is 11.0 Å². The Hall–Kier alpha value is -1.43. The van der Waals surface area contributed by atoms with Gasteiger partial charge in [0, 0.05) is 12.7 Å². The predicted molar refractivity (Wildman–Crippen MR) is 67.2 cm³/mol. The maximum atomic E-state index is 13.3. The van der Waals surface area contributed by atoms with Crippen LogP contribution in [0.2, 0.25) is 0 Å². The fraction of sp³-hybridized carbons (Fsp3) is 0.273. The molecule has 0 fully saturated rings. The third kappa shape index (κ3) is 2.63. The van der Waals surface area contributed by atoms with Gasteiger partial charge in [0.2, 0.25) is 0 Å². The summed E-state index contributed by atoms with van der Waals surface area (Å²) < 4.78 is 15.6. The molecule has 2 aromatic rings. The quantitative estimate of drug-likeness (QED) is 0.947. The summed E-state index contributed by atoms with van der Waals surface area (Å²) in [7, 11) is 1.90. The van der Waals surface area contributed by atoms with E-state index in [1.807, 2.05) is 18.5 Å². The summed E-state index contributed by atoms with van der Waals surface area (Å²) in [6.45, 7) is 2.40. The number of nitrogens with one attached hydrogen (secondary N) is 1. The third-order valence-electron chi connectivity index (χ3n) is 2.55. The van der Waals surface area contributed by atoms with Crippen LogP contribution >= 0.6 is 15.9 Å². The van der Waals surface area contributed by atoms with Crippen LogP contribution in [0.25, 0.3) is 0 Å². The molecule has 0 saturated heterocycles.